The van der Waals surface area contributed by atoms with Crippen LogP contribution in [0.5, 0.6) is 0 Å². The Balaban J connectivity index is 1.35. The van der Waals surface area contributed by atoms with E-state index in [0.717, 1.165) is 59.8 Å². The molecule has 2 aromatic carbocycles. The van der Waals surface area contributed by atoms with Gasteiger partial charge < -0.3 is 15.0 Å². The SMILES string of the molecule is O=C(NCc1ccc(N2CCOCC2)nc1)c1cc(-c2ccccc2)nc2ccccc12. The predicted octanol–water partition coefficient (Wildman–Crippen LogP) is 4.06. The van der Waals surface area contributed by atoms with Crippen LogP contribution in [0.15, 0.2) is 79.0 Å². The van der Waals surface area contributed by atoms with Crippen LogP contribution >= 0.6 is 0 Å². The van der Waals surface area contributed by atoms with E-state index in [1.54, 1.807) is 0 Å². The Hall–Kier alpha value is -3.77. The highest BCUT2D eigenvalue weighted by Crippen LogP contribution is 2.25. The van der Waals surface area contributed by atoms with E-state index in [0.29, 0.717) is 12.1 Å². The summed E-state index contributed by atoms with van der Waals surface area (Å²) in [7, 11) is 0. The van der Waals surface area contributed by atoms with E-state index in [2.05, 4.69) is 15.2 Å². The molecule has 160 valence electrons. The van der Waals surface area contributed by atoms with Crippen LogP contribution in [-0.4, -0.2) is 42.2 Å². The summed E-state index contributed by atoms with van der Waals surface area (Å²) in [6, 6.07) is 23.5. The number of benzene rings is 2. The summed E-state index contributed by atoms with van der Waals surface area (Å²) >= 11 is 0. The molecule has 0 aliphatic carbocycles. The molecule has 0 bridgehead atoms. The molecule has 1 aliphatic heterocycles. The molecule has 6 heteroatoms. The van der Waals surface area contributed by atoms with Crippen LogP contribution in [0.2, 0.25) is 0 Å². The summed E-state index contributed by atoms with van der Waals surface area (Å²) < 4.78 is 5.40. The van der Waals surface area contributed by atoms with Crippen molar-refractivity contribution in [1.29, 1.82) is 0 Å². The molecule has 5 rings (SSSR count). The first-order valence-electron chi connectivity index (χ1n) is 10.8. The van der Waals surface area contributed by atoms with Crippen molar-refractivity contribution in [3.8, 4) is 11.3 Å². The van der Waals surface area contributed by atoms with Gasteiger partial charge in [-0.3, -0.25) is 4.79 Å². The van der Waals surface area contributed by atoms with Crippen molar-refractivity contribution in [3.63, 3.8) is 0 Å². The van der Waals surface area contributed by atoms with E-state index >= 15 is 0 Å². The summed E-state index contributed by atoms with van der Waals surface area (Å²) in [6.45, 7) is 3.56. The second kappa shape index (κ2) is 9.16. The van der Waals surface area contributed by atoms with Crippen molar-refractivity contribution in [3.05, 3.63) is 90.1 Å². The molecule has 0 spiro atoms. The third-order valence-electron chi connectivity index (χ3n) is 5.63. The number of nitrogens with one attached hydrogen (secondary N) is 1. The standard InChI is InChI=1S/C26H24N4O2/c31-26(28-18-19-10-11-25(27-17-19)30-12-14-32-15-13-30)22-16-24(20-6-2-1-3-7-20)29-23-9-5-4-8-21(22)23/h1-11,16-17H,12-15,18H2,(H,28,31). The molecule has 4 aromatic rings. The molecule has 32 heavy (non-hydrogen) atoms. The number of rotatable bonds is 5. The summed E-state index contributed by atoms with van der Waals surface area (Å²) in [5.41, 5.74) is 4.14. The number of ether oxygens (including phenoxy) is 1. The zero-order chi connectivity index (χ0) is 21.8. The molecule has 0 radical (unpaired) electrons. The summed E-state index contributed by atoms with van der Waals surface area (Å²) in [6.07, 6.45) is 1.82. The highest BCUT2D eigenvalue weighted by atomic mass is 16.5. The molecule has 1 saturated heterocycles. The number of carbonyl (C=O) groups is 1. The lowest BCUT2D eigenvalue weighted by Crippen LogP contribution is -2.36. The number of fused-ring (bicyclic) bond motifs is 1. The fraction of sp³-hybridized carbons (Fsp3) is 0.192. The maximum Gasteiger partial charge on any atom is 0.252 e. The lowest BCUT2D eigenvalue weighted by molar-refractivity contribution is 0.0952. The van der Waals surface area contributed by atoms with Gasteiger partial charge in [0.25, 0.3) is 5.91 Å². The maximum absolute atomic E-state index is 13.1. The number of hydrogen-bond donors (Lipinski definition) is 1. The Morgan fingerprint density at radius 1 is 0.969 bits per heavy atom. The fourth-order valence-electron chi connectivity index (χ4n) is 3.90. The Morgan fingerprint density at radius 3 is 2.53 bits per heavy atom. The maximum atomic E-state index is 13.1. The lowest BCUT2D eigenvalue weighted by Gasteiger charge is -2.27. The van der Waals surface area contributed by atoms with Gasteiger partial charge in [0.15, 0.2) is 0 Å². The highest BCUT2D eigenvalue weighted by Gasteiger charge is 2.15. The summed E-state index contributed by atoms with van der Waals surface area (Å²) in [5, 5.41) is 3.88. The number of anilines is 1. The zero-order valence-electron chi connectivity index (χ0n) is 17.7. The topological polar surface area (TPSA) is 67.4 Å². The van der Waals surface area contributed by atoms with E-state index in [1.165, 1.54) is 0 Å². The molecule has 1 amide bonds. The van der Waals surface area contributed by atoms with Crippen molar-refractivity contribution in [1.82, 2.24) is 15.3 Å². The molecule has 3 heterocycles. The van der Waals surface area contributed by atoms with Crippen LogP contribution in [0.1, 0.15) is 15.9 Å². The van der Waals surface area contributed by atoms with Gasteiger partial charge in [0.05, 0.1) is 30.0 Å². The van der Waals surface area contributed by atoms with Crippen molar-refractivity contribution in [2.24, 2.45) is 0 Å². The van der Waals surface area contributed by atoms with E-state index in [-0.39, 0.29) is 5.91 Å². The van der Waals surface area contributed by atoms with Gasteiger partial charge in [-0.15, -0.1) is 0 Å². The van der Waals surface area contributed by atoms with Crippen molar-refractivity contribution in [2.45, 2.75) is 6.54 Å². The number of pyridine rings is 2. The largest absolute Gasteiger partial charge is 0.378 e. The first-order chi connectivity index (χ1) is 15.8. The van der Waals surface area contributed by atoms with Gasteiger partial charge in [0.1, 0.15) is 5.82 Å². The number of hydrogen-bond acceptors (Lipinski definition) is 5. The Kier molecular flexibility index (Phi) is 5.77. The van der Waals surface area contributed by atoms with Gasteiger partial charge in [0.2, 0.25) is 0 Å². The van der Waals surface area contributed by atoms with Crippen molar-refractivity contribution in [2.75, 3.05) is 31.2 Å². The van der Waals surface area contributed by atoms with E-state index in [1.807, 2.05) is 79.0 Å². The molecule has 6 nitrogen and oxygen atoms in total. The van der Waals surface area contributed by atoms with Gasteiger partial charge in [0, 0.05) is 36.8 Å². The third kappa shape index (κ3) is 4.31. The van der Waals surface area contributed by atoms with Gasteiger partial charge >= 0.3 is 0 Å². The molecule has 1 N–H and O–H groups in total. The Labute approximate surface area is 186 Å². The van der Waals surface area contributed by atoms with Crippen LogP contribution in [0.25, 0.3) is 22.2 Å². The van der Waals surface area contributed by atoms with E-state index in [4.69, 9.17) is 9.72 Å². The van der Waals surface area contributed by atoms with Crippen LogP contribution in [0.3, 0.4) is 0 Å². The first kappa shape index (κ1) is 20.2. The minimum absolute atomic E-state index is 0.127. The molecule has 0 saturated carbocycles. The molecule has 2 aromatic heterocycles. The van der Waals surface area contributed by atoms with Gasteiger partial charge in [-0.25, -0.2) is 9.97 Å². The number of morpholine rings is 1. The van der Waals surface area contributed by atoms with Crippen LogP contribution in [0, 0.1) is 0 Å². The minimum Gasteiger partial charge on any atom is -0.378 e. The van der Waals surface area contributed by atoms with Crippen LogP contribution in [-0.2, 0) is 11.3 Å². The molecule has 0 atom stereocenters. The molecular weight excluding hydrogens is 400 g/mol. The Morgan fingerprint density at radius 2 is 1.75 bits per heavy atom. The minimum atomic E-state index is -0.127. The summed E-state index contributed by atoms with van der Waals surface area (Å²) in [4.78, 5) is 24.7. The number of carbonyl (C=O) groups excluding carboxylic acids is 1. The first-order valence-corrected chi connectivity index (χ1v) is 10.8. The average molecular weight is 425 g/mol. The van der Waals surface area contributed by atoms with Crippen molar-refractivity contribution < 1.29 is 9.53 Å². The van der Waals surface area contributed by atoms with Crippen LogP contribution in [0.4, 0.5) is 5.82 Å². The second-order valence-electron chi connectivity index (χ2n) is 7.74. The number of para-hydroxylation sites is 1. The molecule has 0 unspecified atom stereocenters. The fourth-order valence-corrected chi connectivity index (χ4v) is 3.90. The Bertz CT molecular complexity index is 1220. The monoisotopic (exact) mass is 424 g/mol. The number of aromatic nitrogens is 2. The number of amides is 1. The molecule has 1 fully saturated rings. The highest BCUT2D eigenvalue weighted by molar-refractivity contribution is 6.07. The van der Waals surface area contributed by atoms with Crippen molar-refractivity contribution >= 4 is 22.6 Å². The quantitative estimate of drug-likeness (QED) is 0.523. The second-order valence-corrected chi connectivity index (χ2v) is 7.74. The average Bonchev–Trinajstić information content (AvgIpc) is 2.88. The number of nitrogens with zero attached hydrogens (tertiary/aromatic N) is 3. The van der Waals surface area contributed by atoms with Gasteiger partial charge in [-0.05, 0) is 23.8 Å². The normalized spacial score (nSPS) is 13.8. The molecular formula is C26H24N4O2. The summed E-state index contributed by atoms with van der Waals surface area (Å²) in [5.74, 6) is 0.814. The van der Waals surface area contributed by atoms with Gasteiger partial charge in [-0.1, -0.05) is 54.6 Å². The lowest BCUT2D eigenvalue weighted by atomic mass is 10.0. The van der Waals surface area contributed by atoms with E-state index in [9.17, 15) is 4.79 Å². The van der Waals surface area contributed by atoms with Crippen LogP contribution < -0.4 is 10.2 Å². The predicted molar refractivity (Wildman–Crippen MR) is 126 cm³/mol. The smallest absolute Gasteiger partial charge is 0.252 e. The van der Waals surface area contributed by atoms with Gasteiger partial charge in [-0.2, -0.15) is 0 Å². The molecule has 1 aliphatic rings. The third-order valence-corrected chi connectivity index (χ3v) is 5.63. The van der Waals surface area contributed by atoms with E-state index < -0.39 is 0 Å². The zero-order valence-corrected chi connectivity index (χ0v) is 17.7.